The van der Waals surface area contributed by atoms with Crippen molar-refractivity contribution in [2.75, 3.05) is 0 Å². The van der Waals surface area contributed by atoms with E-state index < -0.39 is 5.92 Å². The first-order valence-electron chi connectivity index (χ1n) is 12.7. The second-order valence-corrected chi connectivity index (χ2v) is 9.59. The van der Waals surface area contributed by atoms with Gasteiger partial charge in [0.15, 0.2) is 17.5 Å². The van der Waals surface area contributed by atoms with Crippen molar-refractivity contribution < 1.29 is 8.78 Å². The van der Waals surface area contributed by atoms with E-state index in [1.807, 2.05) is 78.9 Å². The first-order valence-corrected chi connectivity index (χ1v) is 12.7. The molecule has 1 atom stereocenters. The summed E-state index contributed by atoms with van der Waals surface area (Å²) in [6, 6.07) is 29.3. The zero-order chi connectivity index (χ0) is 26.4. The molecule has 5 nitrogen and oxygen atoms in total. The minimum atomic E-state index is -3.16. The number of hydrogen-bond donors (Lipinski definition) is 1. The Kier molecular flexibility index (Phi) is 5.52. The molecule has 7 rings (SSSR count). The third-order valence-electron chi connectivity index (χ3n) is 7.15. The number of nitrogens with zero attached hydrogens (tertiary/aromatic N) is 4. The highest BCUT2D eigenvalue weighted by molar-refractivity contribution is 5.82. The summed E-state index contributed by atoms with van der Waals surface area (Å²) in [7, 11) is 0. The van der Waals surface area contributed by atoms with Gasteiger partial charge in [0.05, 0.1) is 0 Å². The van der Waals surface area contributed by atoms with Crippen LogP contribution in [0.25, 0.3) is 50.7 Å². The summed E-state index contributed by atoms with van der Waals surface area (Å²) in [5.74, 6) is -1.85. The number of nitrogens with one attached hydrogen (secondary N) is 1. The van der Waals surface area contributed by atoms with E-state index >= 15 is 8.78 Å². The number of benzene rings is 4. The molecule has 2 aliphatic rings. The van der Waals surface area contributed by atoms with Crippen LogP contribution in [0.2, 0.25) is 0 Å². The minimum Gasteiger partial charge on any atom is -0.565 e. The maximum atomic E-state index is 15.9. The van der Waals surface area contributed by atoms with Crippen LogP contribution in [0.1, 0.15) is 29.2 Å². The van der Waals surface area contributed by atoms with E-state index in [1.165, 1.54) is 6.07 Å². The fourth-order valence-corrected chi connectivity index (χ4v) is 5.17. The second-order valence-electron chi connectivity index (χ2n) is 9.59. The molecule has 0 fully saturated rings. The molecule has 0 saturated carbocycles. The highest BCUT2D eigenvalue weighted by Gasteiger charge is 2.44. The zero-order valence-corrected chi connectivity index (χ0v) is 20.7. The summed E-state index contributed by atoms with van der Waals surface area (Å²) in [5.41, 5.74) is 11.1. The molecule has 190 valence electrons. The van der Waals surface area contributed by atoms with Crippen LogP contribution < -0.4 is 5.43 Å². The van der Waals surface area contributed by atoms with E-state index in [1.54, 1.807) is 24.4 Å². The summed E-state index contributed by atoms with van der Waals surface area (Å²) in [5, 5.41) is 0. The Hall–Kier alpha value is -4.75. The lowest BCUT2D eigenvalue weighted by Crippen LogP contribution is -2.14. The lowest BCUT2D eigenvalue weighted by atomic mass is 9.97. The maximum Gasteiger partial charge on any atom is 0.299 e. The quantitative estimate of drug-likeness (QED) is 0.265. The molecule has 0 amide bonds. The smallest absolute Gasteiger partial charge is 0.299 e. The van der Waals surface area contributed by atoms with Gasteiger partial charge >= 0.3 is 0 Å². The first-order chi connectivity index (χ1) is 19.1. The van der Waals surface area contributed by atoms with Crippen molar-refractivity contribution in [1.29, 1.82) is 0 Å². The Labute approximate surface area is 224 Å². The standard InChI is InChI=1S/C32H22F2N5/c33-32(34)26-18-22(28-12-7-17-35-39-28)13-15-24(26)25-16-14-23(19-27(25)32)31-37-29(20-8-3-1-4-9-20)36-30(38-31)21-10-5-2-6-11-21/h1-11,13-19,28,35H,12H2/q-1. The molecule has 1 N–H and O–H groups in total. The fraction of sp³-hybridized carbons (Fsp3) is 0.0938. The molecule has 0 radical (unpaired) electrons. The number of hydrogen-bond acceptors (Lipinski definition) is 4. The van der Waals surface area contributed by atoms with Gasteiger partial charge in [-0.3, -0.25) is 0 Å². The number of aromatic nitrogens is 3. The highest BCUT2D eigenvalue weighted by Crippen LogP contribution is 2.52. The summed E-state index contributed by atoms with van der Waals surface area (Å²) in [6.07, 6.45) is 4.37. The van der Waals surface area contributed by atoms with Crippen LogP contribution in [0.3, 0.4) is 0 Å². The second kappa shape index (κ2) is 9.22. The van der Waals surface area contributed by atoms with Crippen molar-refractivity contribution in [3.05, 3.63) is 131 Å². The van der Waals surface area contributed by atoms with Crippen LogP contribution in [-0.2, 0) is 5.92 Å². The molecule has 1 aliphatic heterocycles. The molecular weight excluding hydrogens is 492 g/mol. The molecule has 7 heteroatoms. The van der Waals surface area contributed by atoms with Crippen molar-refractivity contribution >= 4 is 0 Å². The van der Waals surface area contributed by atoms with Crippen LogP contribution in [-0.4, -0.2) is 15.0 Å². The molecule has 1 unspecified atom stereocenters. The van der Waals surface area contributed by atoms with Gasteiger partial charge in [0.25, 0.3) is 5.92 Å². The molecule has 0 saturated heterocycles. The van der Waals surface area contributed by atoms with Crippen LogP contribution >= 0.6 is 0 Å². The first kappa shape index (κ1) is 23.4. The van der Waals surface area contributed by atoms with Gasteiger partial charge in [0.1, 0.15) is 0 Å². The van der Waals surface area contributed by atoms with E-state index in [-0.39, 0.29) is 17.2 Å². The molecule has 2 heterocycles. The molecule has 1 aliphatic carbocycles. The van der Waals surface area contributed by atoms with Gasteiger partial charge in [-0.2, -0.15) is 8.78 Å². The molecule has 1 aromatic heterocycles. The third kappa shape index (κ3) is 4.08. The number of alkyl halides is 2. The van der Waals surface area contributed by atoms with Crippen molar-refractivity contribution in [2.24, 2.45) is 0 Å². The SMILES string of the molecule is FC1(F)c2cc(-c3nc(-c4ccccc4)nc(-c4ccccc4)n3)ccc2-c2ccc(C3CC=CN[N-]3)cc21. The van der Waals surface area contributed by atoms with Crippen LogP contribution in [0, 0.1) is 0 Å². The van der Waals surface area contributed by atoms with E-state index in [9.17, 15) is 0 Å². The summed E-state index contributed by atoms with van der Waals surface area (Å²) in [6.45, 7) is 0. The predicted molar refractivity (Wildman–Crippen MR) is 148 cm³/mol. The molecular formula is C32H22F2N5-. The van der Waals surface area contributed by atoms with Crippen LogP contribution in [0.5, 0.6) is 0 Å². The van der Waals surface area contributed by atoms with Gasteiger partial charge in [0.2, 0.25) is 0 Å². The summed E-state index contributed by atoms with van der Waals surface area (Å²) >= 11 is 0. The normalized spacial score (nSPS) is 16.8. The molecule has 5 aromatic rings. The average Bonchev–Trinajstić information content (AvgIpc) is 3.23. The highest BCUT2D eigenvalue weighted by atomic mass is 19.3. The predicted octanol–water partition coefficient (Wildman–Crippen LogP) is 7.83. The van der Waals surface area contributed by atoms with Crippen molar-refractivity contribution in [2.45, 2.75) is 18.4 Å². The Balaban J connectivity index is 1.33. The summed E-state index contributed by atoms with van der Waals surface area (Å²) in [4.78, 5) is 14.1. The Morgan fingerprint density at radius 3 is 1.82 bits per heavy atom. The number of halogens is 2. The van der Waals surface area contributed by atoms with Gasteiger partial charge in [-0.25, -0.2) is 15.0 Å². The Morgan fingerprint density at radius 1 is 0.667 bits per heavy atom. The monoisotopic (exact) mass is 514 g/mol. The van der Waals surface area contributed by atoms with Crippen molar-refractivity contribution in [3.63, 3.8) is 0 Å². The Morgan fingerprint density at radius 2 is 1.23 bits per heavy atom. The third-order valence-corrected chi connectivity index (χ3v) is 7.15. The molecule has 0 spiro atoms. The van der Waals surface area contributed by atoms with E-state index in [0.29, 0.717) is 40.6 Å². The van der Waals surface area contributed by atoms with Crippen LogP contribution in [0.4, 0.5) is 8.78 Å². The van der Waals surface area contributed by atoms with Gasteiger partial charge < -0.3 is 10.9 Å². The molecule has 0 bridgehead atoms. The molecule has 4 aromatic carbocycles. The molecule has 39 heavy (non-hydrogen) atoms. The fourth-order valence-electron chi connectivity index (χ4n) is 5.17. The minimum absolute atomic E-state index is 0.00231. The van der Waals surface area contributed by atoms with Crippen molar-refractivity contribution in [3.8, 4) is 45.3 Å². The van der Waals surface area contributed by atoms with E-state index in [2.05, 4.69) is 10.9 Å². The van der Waals surface area contributed by atoms with E-state index in [4.69, 9.17) is 15.0 Å². The lowest BCUT2D eigenvalue weighted by Gasteiger charge is -2.35. The van der Waals surface area contributed by atoms with Crippen molar-refractivity contribution in [1.82, 2.24) is 20.4 Å². The maximum absolute atomic E-state index is 15.9. The average molecular weight is 515 g/mol. The number of rotatable bonds is 4. The van der Waals surface area contributed by atoms with Gasteiger partial charge in [0, 0.05) is 27.8 Å². The van der Waals surface area contributed by atoms with Gasteiger partial charge in [-0.15, -0.1) is 0 Å². The van der Waals surface area contributed by atoms with E-state index in [0.717, 1.165) is 16.7 Å². The van der Waals surface area contributed by atoms with Gasteiger partial charge in [-0.05, 0) is 29.8 Å². The summed E-state index contributed by atoms with van der Waals surface area (Å²) < 4.78 is 31.9. The zero-order valence-electron chi connectivity index (χ0n) is 20.7. The Bertz CT molecular complexity index is 1660. The largest absolute Gasteiger partial charge is 0.565 e. The van der Waals surface area contributed by atoms with Crippen LogP contribution in [0.15, 0.2) is 109 Å². The van der Waals surface area contributed by atoms with Gasteiger partial charge in [-0.1, -0.05) is 109 Å². The topological polar surface area (TPSA) is 64.8 Å². The lowest BCUT2D eigenvalue weighted by molar-refractivity contribution is 0.0479. The number of fused-ring (bicyclic) bond motifs is 3.